The van der Waals surface area contributed by atoms with Crippen molar-refractivity contribution < 1.29 is 43.3 Å². The second kappa shape index (κ2) is 7.47. The van der Waals surface area contributed by atoms with Crippen LogP contribution in [-0.4, -0.2) is 64.8 Å². The molecule has 0 amide bonds. The molecule has 1 aromatic rings. The van der Waals surface area contributed by atoms with Gasteiger partial charge in [-0.05, 0) is 0 Å². The molecule has 0 spiro atoms. The van der Waals surface area contributed by atoms with Crippen molar-refractivity contribution in [3.8, 4) is 0 Å². The van der Waals surface area contributed by atoms with Crippen molar-refractivity contribution >= 4 is 15.2 Å². The number of nitrogens with zero attached hydrogens (tertiary/aromatic N) is 2. The van der Waals surface area contributed by atoms with Gasteiger partial charge in [-0.15, -0.1) is 0 Å². The van der Waals surface area contributed by atoms with Gasteiger partial charge in [0.2, 0.25) is 0 Å². The molecule has 1 aromatic heterocycles. The maximum Gasteiger partial charge on any atom is 0.340 e. The third kappa shape index (κ3) is 4.77. The standard InChI is InChI=1S/C11H18N2O11P2/c1-12-7(14)2-3-13(11(12)17)10-9(16)8(15)6(24-10)4-23-26(21,22)5-25(18,19)20/h2-3,6,8-10,15-16H,4-5H2,1H3,(H,21,22)(H2,18,19,20)/t6-,8+,9?,10-/m1/s1. The molecular formula is C11H18N2O11P2. The summed E-state index contributed by atoms with van der Waals surface area (Å²) < 4.78 is 33.8. The van der Waals surface area contributed by atoms with Gasteiger partial charge in [0.1, 0.15) is 18.3 Å². The molecule has 148 valence electrons. The number of aliphatic hydroxyl groups is 2. The van der Waals surface area contributed by atoms with E-state index in [1.54, 1.807) is 0 Å². The molecule has 0 radical (unpaired) electrons. The van der Waals surface area contributed by atoms with Crippen LogP contribution in [0.15, 0.2) is 21.9 Å². The molecule has 2 unspecified atom stereocenters. The van der Waals surface area contributed by atoms with Crippen LogP contribution >= 0.6 is 15.2 Å². The van der Waals surface area contributed by atoms with Gasteiger partial charge in [0.05, 0.1) is 6.61 Å². The van der Waals surface area contributed by atoms with E-state index in [1.165, 1.54) is 7.05 Å². The van der Waals surface area contributed by atoms with Gasteiger partial charge in [-0.1, -0.05) is 0 Å². The number of aromatic nitrogens is 2. The Labute approximate surface area is 145 Å². The van der Waals surface area contributed by atoms with Crippen LogP contribution in [0.4, 0.5) is 0 Å². The molecule has 2 rings (SSSR count). The van der Waals surface area contributed by atoms with Gasteiger partial charge in [0.25, 0.3) is 5.56 Å². The van der Waals surface area contributed by atoms with Crippen molar-refractivity contribution in [1.82, 2.24) is 9.13 Å². The Morgan fingerprint density at radius 3 is 2.38 bits per heavy atom. The molecule has 5 atom stereocenters. The molecule has 0 saturated carbocycles. The van der Waals surface area contributed by atoms with E-state index in [1.807, 2.05) is 0 Å². The topological polar surface area (TPSA) is 198 Å². The van der Waals surface area contributed by atoms with E-state index in [9.17, 15) is 33.8 Å². The summed E-state index contributed by atoms with van der Waals surface area (Å²) in [6.45, 7) is -0.775. The lowest BCUT2D eigenvalue weighted by Crippen LogP contribution is -2.41. The fourth-order valence-electron chi connectivity index (χ4n) is 2.34. The lowest BCUT2D eigenvalue weighted by Gasteiger charge is -2.18. The van der Waals surface area contributed by atoms with E-state index in [0.717, 1.165) is 21.4 Å². The third-order valence-corrected chi connectivity index (χ3v) is 7.09. The third-order valence-electron chi connectivity index (χ3n) is 3.63. The first-order chi connectivity index (χ1) is 11.8. The minimum absolute atomic E-state index is 0.599. The molecule has 0 bridgehead atoms. The highest BCUT2D eigenvalue weighted by Gasteiger charge is 2.45. The van der Waals surface area contributed by atoms with Gasteiger partial charge in [0, 0.05) is 19.3 Å². The summed E-state index contributed by atoms with van der Waals surface area (Å²) in [6.07, 6.45) is -4.97. The van der Waals surface area contributed by atoms with Crippen LogP contribution in [0, 0.1) is 0 Å². The van der Waals surface area contributed by atoms with E-state index in [-0.39, 0.29) is 0 Å². The minimum atomic E-state index is -4.82. The normalized spacial score (nSPS) is 28.8. The Kier molecular flexibility index (Phi) is 6.08. The highest BCUT2D eigenvalue weighted by atomic mass is 31.2. The van der Waals surface area contributed by atoms with Crippen molar-refractivity contribution in [2.75, 3.05) is 12.5 Å². The smallest absolute Gasteiger partial charge is 0.340 e. The zero-order valence-electron chi connectivity index (χ0n) is 13.4. The molecule has 1 fully saturated rings. The monoisotopic (exact) mass is 416 g/mol. The van der Waals surface area contributed by atoms with Crippen LogP contribution < -0.4 is 11.2 Å². The van der Waals surface area contributed by atoms with Gasteiger partial charge in [-0.3, -0.25) is 23.1 Å². The maximum absolute atomic E-state index is 12.1. The number of rotatable bonds is 6. The van der Waals surface area contributed by atoms with Crippen molar-refractivity contribution in [1.29, 1.82) is 0 Å². The molecule has 2 heterocycles. The Balaban J connectivity index is 2.14. The van der Waals surface area contributed by atoms with E-state index in [2.05, 4.69) is 4.52 Å². The summed E-state index contributed by atoms with van der Waals surface area (Å²) >= 11 is 0. The summed E-state index contributed by atoms with van der Waals surface area (Å²) in [5.74, 6) is -1.42. The van der Waals surface area contributed by atoms with Crippen LogP contribution in [0.3, 0.4) is 0 Å². The summed E-state index contributed by atoms with van der Waals surface area (Å²) in [7, 11) is -8.30. The average molecular weight is 416 g/mol. The zero-order chi connectivity index (χ0) is 19.9. The van der Waals surface area contributed by atoms with Gasteiger partial charge in [0.15, 0.2) is 12.1 Å². The van der Waals surface area contributed by atoms with Crippen molar-refractivity contribution in [3.63, 3.8) is 0 Å². The lowest BCUT2D eigenvalue weighted by atomic mass is 10.1. The molecule has 1 saturated heterocycles. The molecule has 13 nitrogen and oxygen atoms in total. The number of aliphatic hydroxyl groups excluding tert-OH is 2. The maximum atomic E-state index is 12.1. The molecule has 26 heavy (non-hydrogen) atoms. The molecule has 15 heteroatoms. The first-order valence-electron chi connectivity index (χ1n) is 7.13. The predicted molar refractivity (Wildman–Crippen MR) is 84.6 cm³/mol. The lowest BCUT2D eigenvalue weighted by molar-refractivity contribution is -0.0529. The summed E-state index contributed by atoms with van der Waals surface area (Å²) in [6, 6.07) is 1.04. The Morgan fingerprint density at radius 1 is 1.19 bits per heavy atom. The molecular weight excluding hydrogens is 398 g/mol. The molecule has 1 aliphatic rings. The summed E-state index contributed by atoms with van der Waals surface area (Å²) in [5.41, 5.74) is -1.43. The second-order valence-corrected chi connectivity index (χ2v) is 9.68. The van der Waals surface area contributed by atoms with Crippen LogP contribution in [0.2, 0.25) is 0 Å². The van der Waals surface area contributed by atoms with Crippen LogP contribution in [0.25, 0.3) is 0 Å². The zero-order valence-corrected chi connectivity index (χ0v) is 15.1. The Morgan fingerprint density at radius 2 is 1.81 bits per heavy atom. The van der Waals surface area contributed by atoms with Gasteiger partial charge in [-0.25, -0.2) is 4.79 Å². The number of hydrogen-bond acceptors (Lipinski definition) is 8. The van der Waals surface area contributed by atoms with E-state index < -0.39 is 63.5 Å². The van der Waals surface area contributed by atoms with Gasteiger partial charge < -0.3 is 34.2 Å². The van der Waals surface area contributed by atoms with E-state index in [0.29, 0.717) is 0 Å². The summed E-state index contributed by atoms with van der Waals surface area (Å²) in [5, 5.41) is 20.0. The largest absolute Gasteiger partial charge is 0.387 e. The Bertz CT molecular complexity index is 874. The molecule has 5 N–H and O–H groups in total. The minimum Gasteiger partial charge on any atom is -0.387 e. The fourth-order valence-corrected chi connectivity index (χ4v) is 4.91. The number of ether oxygens (including phenoxy) is 1. The highest BCUT2D eigenvalue weighted by Crippen LogP contribution is 2.55. The van der Waals surface area contributed by atoms with Gasteiger partial charge in [-0.2, -0.15) is 0 Å². The second-order valence-electron chi connectivity index (χ2n) is 5.69. The molecule has 1 aliphatic heterocycles. The molecule has 0 aliphatic carbocycles. The fraction of sp³-hybridized carbons (Fsp3) is 0.636. The average Bonchev–Trinajstić information content (AvgIpc) is 2.77. The predicted octanol–water partition coefficient (Wildman–Crippen LogP) is -2.50. The highest BCUT2D eigenvalue weighted by molar-refractivity contribution is 7.70. The van der Waals surface area contributed by atoms with Crippen LogP contribution in [0.5, 0.6) is 0 Å². The van der Waals surface area contributed by atoms with E-state index >= 15 is 0 Å². The van der Waals surface area contributed by atoms with Crippen LogP contribution in [0.1, 0.15) is 6.23 Å². The summed E-state index contributed by atoms with van der Waals surface area (Å²) in [4.78, 5) is 50.3. The Hall–Kier alpha value is -1.14. The SMILES string of the molecule is Cn1c(=O)ccn([C@@H]2O[C@H](COP(=O)(O)CP(=O)(O)O)[C@H](O)C2O)c1=O. The van der Waals surface area contributed by atoms with Crippen LogP contribution in [-0.2, 0) is 25.4 Å². The molecule has 0 aromatic carbocycles. The first-order valence-corrected chi connectivity index (χ1v) is 10.7. The van der Waals surface area contributed by atoms with E-state index in [4.69, 9.17) is 14.5 Å². The first kappa shape index (κ1) is 21.2. The number of hydrogen-bond donors (Lipinski definition) is 5. The van der Waals surface area contributed by atoms with Gasteiger partial charge >= 0.3 is 20.9 Å². The van der Waals surface area contributed by atoms with Crippen molar-refractivity contribution in [2.24, 2.45) is 7.05 Å². The van der Waals surface area contributed by atoms with Crippen molar-refractivity contribution in [2.45, 2.75) is 24.5 Å². The van der Waals surface area contributed by atoms with Crippen molar-refractivity contribution in [3.05, 3.63) is 33.1 Å². The quantitative estimate of drug-likeness (QED) is 0.307.